The predicted octanol–water partition coefficient (Wildman–Crippen LogP) is 2.32. The summed E-state index contributed by atoms with van der Waals surface area (Å²) in [5.74, 6) is -1.16. The summed E-state index contributed by atoms with van der Waals surface area (Å²) in [5, 5.41) is 28.6. The first-order valence-corrected chi connectivity index (χ1v) is 5.65. The molecule has 0 spiro atoms. The Morgan fingerprint density at radius 3 is 1.68 bits per heavy atom. The van der Waals surface area contributed by atoms with Crippen LogP contribution in [0.15, 0.2) is 48.5 Å². The Kier molecular flexibility index (Phi) is 3.56. The van der Waals surface area contributed by atoms with Gasteiger partial charge in [0.2, 0.25) is 0 Å². The fourth-order valence-electron chi connectivity index (χ4n) is 1.82. The standard InChI is InChI=1S/C14H13NO4/c16-12-7-3-1-5-10(12)15(9-14(18)19)11-6-2-4-8-13(11)17/h1-8,16-17H,9H2,(H,18,19). The second-order valence-electron chi connectivity index (χ2n) is 3.96. The summed E-state index contributed by atoms with van der Waals surface area (Å²) in [5.41, 5.74) is 0.651. The Bertz CT molecular complexity index is 552. The van der Waals surface area contributed by atoms with Gasteiger partial charge in [0.25, 0.3) is 0 Å². The molecule has 0 radical (unpaired) electrons. The molecule has 2 aromatic carbocycles. The molecule has 0 unspecified atom stereocenters. The second-order valence-corrected chi connectivity index (χ2v) is 3.96. The molecule has 0 aromatic heterocycles. The van der Waals surface area contributed by atoms with Crippen LogP contribution in [0.1, 0.15) is 0 Å². The van der Waals surface area contributed by atoms with Crippen LogP contribution in [0.25, 0.3) is 0 Å². The fraction of sp³-hybridized carbons (Fsp3) is 0.0714. The Hall–Kier alpha value is -2.69. The smallest absolute Gasteiger partial charge is 0.323 e. The summed E-state index contributed by atoms with van der Waals surface area (Å²) in [6.07, 6.45) is 0. The first kappa shape index (κ1) is 12.8. The summed E-state index contributed by atoms with van der Waals surface area (Å²) in [6.45, 7) is -0.366. The molecule has 0 atom stereocenters. The Morgan fingerprint density at radius 2 is 1.32 bits per heavy atom. The third-order valence-electron chi connectivity index (χ3n) is 2.64. The molecule has 0 aliphatic heterocycles. The van der Waals surface area contributed by atoms with E-state index in [1.54, 1.807) is 36.4 Å². The molecule has 0 saturated heterocycles. The lowest BCUT2D eigenvalue weighted by Crippen LogP contribution is -2.25. The van der Waals surface area contributed by atoms with Crippen LogP contribution in [0.3, 0.4) is 0 Å². The molecule has 0 fully saturated rings. The van der Waals surface area contributed by atoms with E-state index >= 15 is 0 Å². The minimum atomic E-state index is -1.06. The van der Waals surface area contributed by atoms with Crippen LogP contribution in [-0.4, -0.2) is 27.8 Å². The Labute approximate surface area is 110 Å². The lowest BCUT2D eigenvalue weighted by molar-refractivity contribution is -0.135. The van der Waals surface area contributed by atoms with Crippen molar-refractivity contribution >= 4 is 17.3 Å². The lowest BCUT2D eigenvalue weighted by Gasteiger charge is -2.24. The van der Waals surface area contributed by atoms with Gasteiger partial charge in [-0.15, -0.1) is 0 Å². The van der Waals surface area contributed by atoms with Crippen LogP contribution >= 0.6 is 0 Å². The molecule has 2 rings (SSSR count). The maximum absolute atomic E-state index is 11.0. The molecule has 3 N–H and O–H groups in total. The predicted molar refractivity (Wildman–Crippen MR) is 70.9 cm³/mol. The van der Waals surface area contributed by atoms with E-state index in [1.165, 1.54) is 17.0 Å². The van der Waals surface area contributed by atoms with Crippen LogP contribution in [0.5, 0.6) is 11.5 Å². The SMILES string of the molecule is O=C(O)CN(c1ccccc1O)c1ccccc1O. The molecule has 0 saturated carbocycles. The van der Waals surface area contributed by atoms with E-state index in [4.69, 9.17) is 5.11 Å². The van der Waals surface area contributed by atoms with Gasteiger partial charge in [-0.05, 0) is 24.3 Å². The van der Waals surface area contributed by atoms with E-state index in [1.807, 2.05) is 0 Å². The molecule has 2 aromatic rings. The van der Waals surface area contributed by atoms with Crippen molar-refractivity contribution in [2.24, 2.45) is 0 Å². The van der Waals surface area contributed by atoms with Crippen molar-refractivity contribution in [3.63, 3.8) is 0 Å². The minimum Gasteiger partial charge on any atom is -0.506 e. The van der Waals surface area contributed by atoms with Crippen molar-refractivity contribution in [3.8, 4) is 11.5 Å². The molecule has 98 valence electrons. The highest BCUT2D eigenvalue weighted by atomic mass is 16.4. The number of carboxylic acid groups (broad SMARTS) is 1. The van der Waals surface area contributed by atoms with Gasteiger partial charge in [-0.3, -0.25) is 4.79 Å². The summed E-state index contributed by atoms with van der Waals surface area (Å²) >= 11 is 0. The van der Waals surface area contributed by atoms with Crippen LogP contribution in [-0.2, 0) is 4.79 Å². The normalized spacial score (nSPS) is 10.1. The van der Waals surface area contributed by atoms with Gasteiger partial charge in [0.1, 0.15) is 18.0 Å². The van der Waals surface area contributed by atoms with Gasteiger partial charge in [0, 0.05) is 0 Å². The highest BCUT2D eigenvalue weighted by Crippen LogP contribution is 2.36. The quantitative estimate of drug-likeness (QED) is 0.785. The Balaban J connectivity index is 2.51. The van der Waals surface area contributed by atoms with Crippen molar-refractivity contribution in [1.29, 1.82) is 0 Å². The van der Waals surface area contributed by atoms with Gasteiger partial charge < -0.3 is 20.2 Å². The third kappa shape index (κ3) is 2.77. The maximum atomic E-state index is 11.0. The van der Waals surface area contributed by atoms with Crippen molar-refractivity contribution in [2.75, 3.05) is 11.4 Å². The molecule has 0 aliphatic carbocycles. The van der Waals surface area contributed by atoms with E-state index in [-0.39, 0.29) is 18.0 Å². The lowest BCUT2D eigenvalue weighted by atomic mass is 10.2. The topological polar surface area (TPSA) is 81.0 Å². The van der Waals surface area contributed by atoms with E-state index < -0.39 is 5.97 Å². The number of rotatable bonds is 4. The summed E-state index contributed by atoms with van der Waals surface area (Å²) < 4.78 is 0. The average Bonchev–Trinajstić information content (AvgIpc) is 2.37. The molecule has 0 heterocycles. The molecule has 5 nitrogen and oxygen atoms in total. The number of aromatic hydroxyl groups is 2. The van der Waals surface area contributed by atoms with Crippen LogP contribution in [0.2, 0.25) is 0 Å². The zero-order valence-corrected chi connectivity index (χ0v) is 10.0. The van der Waals surface area contributed by atoms with E-state index in [2.05, 4.69) is 0 Å². The molecular weight excluding hydrogens is 246 g/mol. The van der Waals surface area contributed by atoms with Crippen molar-refractivity contribution in [1.82, 2.24) is 0 Å². The highest BCUT2D eigenvalue weighted by Gasteiger charge is 2.18. The molecule has 0 bridgehead atoms. The highest BCUT2D eigenvalue weighted by molar-refractivity contribution is 5.82. The van der Waals surface area contributed by atoms with Gasteiger partial charge in [0.05, 0.1) is 11.4 Å². The number of hydrogen-bond acceptors (Lipinski definition) is 4. The number of benzene rings is 2. The van der Waals surface area contributed by atoms with Crippen molar-refractivity contribution in [2.45, 2.75) is 0 Å². The zero-order valence-electron chi connectivity index (χ0n) is 10.0. The number of para-hydroxylation sites is 4. The van der Waals surface area contributed by atoms with Gasteiger partial charge >= 0.3 is 5.97 Å². The van der Waals surface area contributed by atoms with Crippen LogP contribution < -0.4 is 4.90 Å². The fourth-order valence-corrected chi connectivity index (χ4v) is 1.82. The summed E-state index contributed by atoms with van der Waals surface area (Å²) in [4.78, 5) is 12.3. The largest absolute Gasteiger partial charge is 0.506 e. The first-order valence-electron chi connectivity index (χ1n) is 5.65. The number of anilines is 2. The molecule has 19 heavy (non-hydrogen) atoms. The van der Waals surface area contributed by atoms with E-state index in [0.717, 1.165) is 0 Å². The average molecular weight is 259 g/mol. The van der Waals surface area contributed by atoms with Gasteiger partial charge in [-0.1, -0.05) is 24.3 Å². The number of nitrogens with zero attached hydrogens (tertiary/aromatic N) is 1. The van der Waals surface area contributed by atoms with E-state index in [9.17, 15) is 15.0 Å². The molecule has 0 amide bonds. The monoisotopic (exact) mass is 259 g/mol. The number of hydrogen-bond donors (Lipinski definition) is 3. The Morgan fingerprint density at radius 1 is 0.895 bits per heavy atom. The summed E-state index contributed by atoms with van der Waals surface area (Å²) in [6, 6.07) is 12.8. The van der Waals surface area contributed by atoms with Gasteiger partial charge in [-0.25, -0.2) is 0 Å². The second kappa shape index (κ2) is 5.30. The maximum Gasteiger partial charge on any atom is 0.323 e. The van der Waals surface area contributed by atoms with Crippen LogP contribution in [0.4, 0.5) is 11.4 Å². The van der Waals surface area contributed by atoms with Gasteiger partial charge in [-0.2, -0.15) is 0 Å². The van der Waals surface area contributed by atoms with Crippen LogP contribution in [0, 0.1) is 0 Å². The minimum absolute atomic E-state index is 0.0491. The zero-order chi connectivity index (χ0) is 13.8. The number of carbonyl (C=O) groups is 1. The van der Waals surface area contributed by atoms with Crippen molar-refractivity contribution in [3.05, 3.63) is 48.5 Å². The molecule has 0 aliphatic rings. The third-order valence-corrected chi connectivity index (χ3v) is 2.64. The number of aliphatic carboxylic acids is 1. The van der Waals surface area contributed by atoms with Crippen molar-refractivity contribution < 1.29 is 20.1 Å². The number of phenols is 2. The molecule has 5 heteroatoms. The van der Waals surface area contributed by atoms with Gasteiger partial charge in [0.15, 0.2) is 0 Å². The first-order chi connectivity index (χ1) is 9.09. The summed E-state index contributed by atoms with van der Waals surface area (Å²) in [7, 11) is 0. The molecular formula is C14H13NO4. The van der Waals surface area contributed by atoms with E-state index in [0.29, 0.717) is 11.4 Å². The number of carboxylic acids is 1. The number of phenolic OH excluding ortho intramolecular Hbond substituents is 2.